The molecule has 3 aliphatic rings. The molecule has 0 radical (unpaired) electrons. The highest BCUT2D eigenvalue weighted by Gasteiger charge is 2.75. The monoisotopic (exact) mass is 715 g/mol. The van der Waals surface area contributed by atoms with Gasteiger partial charge in [0.15, 0.2) is 0 Å². The molecule has 0 aliphatic carbocycles. The minimum Gasteiger partial charge on any atom is -0.455 e. The van der Waals surface area contributed by atoms with E-state index in [-0.39, 0.29) is 38.0 Å². The molecule has 2 bridgehead atoms. The molecular formula is C41H53N3O8. The second-order valence-corrected chi connectivity index (χ2v) is 14.0. The first kappa shape index (κ1) is 38.9. The Morgan fingerprint density at radius 3 is 2.46 bits per heavy atom. The number of aliphatic hydroxyl groups excluding tert-OH is 1. The topological polar surface area (TPSA) is 135 Å². The lowest BCUT2D eigenvalue weighted by atomic mass is 9.70. The number of benzene rings is 2. The summed E-state index contributed by atoms with van der Waals surface area (Å²) in [6, 6.07) is 16.1. The summed E-state index contributed by atoms with van der Waals surface area (Å²) in [5.74, 6) is -3.60. The van der Waals surface area contributed by atoms with Crippen LogP contribution in [-0.4, -0.2) is 102 Å². The zero-order valence-electron chi connectivity index (χ0n) is 30.4. The van der Waals surface area contributed by atoms with E-state index < -0.39 is 59.6 Å². The average Bonchev–Trinajstić information content (AvgIpc) is 3.81. The lowest BCUT2D eigenvalue weighted by Crippen LogP contribution is -2.59. The second-order valence-electron chi connectivity index (χ2n) is 14.0. The molecule has 11 heteroatoms. The number of methoxy groups -OCH3 is 1. The van der Waals surface area contributed by atoms with Crippen LogP contribution >= 0.6 is 0 Å². The van der Waals surface area contributed by atoms with Gasteiger partial charge < -0.3 is 34.4 Å². The molecule has 0 unspecified atom stereocenters. The standard InChI is InChI=1S/C41H53N3O8/c1-5-8-20-33(46)42-31(27-50-4)36(29-18-14-11-15-19-29)51-40(49)34-32-21-22-41(52-32)35(34)38(47)44(30(26-45)25-28-16-12-10-13-17-28)37(41)39(48)43(23-7-3)24-9-6-2/h5,7,10-19,30-32,34-37,45H,1,3,6,8-9,20-27H2,2,4H3,(H,42,46)/t30-,31-,32+,34-,35-,36-,37+,41-/m1/s1. The van der Waals surface area contributed by atoms with Gasteiger partial charge in [-0.05, 0) is 43.2 Å². The molecule has 2 N–H and O–H groups in total. The number of nitrogens with one attached hydrogen (secondary N) is 1. The molecule has 11 nitrogen and oxygen atoms in total. The van der Waals surface area contributed by atoms with Crippen LogP contribution in [0.4, 0.5) is 0 Å². The lowest BCUT2D eigenvalue weighted by molar-refractivity contribution is -0.163. The fourth-order valence-electron chi connectivity index (χ4n) is 8.26. The summed E-state index contributed by atoms with van der Waals surface area (Å²) in [6.07, 6.45) is 5.21. The van der Waals surface area contributed by atoms with E-state index in [1.165, 1.54) is 12.0 Å². The molecule has 5 rings (SSSR count). The number of aliphatic hydroxyl groups is 1. The van der Waals surface area contributed by atoms with Crippen molar-refractivity contribution < 1.29 is 38.5 Å². The van der Waals surface area contributed by atoms with Gasteiger partial charge in [0, 0.05) is 26.6 Å². The van der Waals surface area contributed by atoms with Crippen LogP contribution in [0.15, 0.2) is 86.0 Å². The van der Waals surface area contributed by atoms with Gasteiger partial charge in [0.25, 0.3) is 0 Å². The molecule has 8 atom stereocenters. The van der Waals surface area contributed by atoms with Gasteiger partial charge in [-0.2, -0.15) is 0 Å². The maximum Gasteiger partial charge on any atom is 0.313 e. The molecule has 0 aromatic heterocycles. The summed E-state index contributed by atoms with van der Waals surface area (Å²) in [4.78, 5) is 60.3. The third-order valence-electron chi connectivity index (χ3n) is 10.6. The van der Waals surface area contributed by atoms with E-state index in [1.807, 2.05) is 67.6 Å². The highest BCUT2D eigenvalue weighted by Crippen LogP contribution is 2.59. The number of likely N-dealkylation sites (tertiary alicyclic amines) is 1. The Bertz CT molecular complexity index is 1550. The first-order chi connectivity index (χ1) is 25.2. The number of amides is 3. The molecule has 3 amide bonds. The summed E-state index contributed by atoms with van der Waals surface area (Å²) in [7, 11) is 1.51. The lowest BCUT2D eigenvalue weighted by Gasteiger charge is -2.39. The Kier molecular flexibility index (Phi) is 13.4. The number of ether oxygens (including phenoxy) is 3. The van der Waals surface area contributed by atoms with Crippen molar-refractivity contribution in [2.45, 2.75) is 87.8 Å². The zero-order chi connectivity index (χ0) is 37.3. The van der Waals surface area contributed by atoms with Crippen LogP contribution < -0.4 is 5.32 Å². The second kappa shape index (κ2) is 17.9. The number of nitrogens with zero attached hydrogens (tertiary/aromatic N) is 2. The largest absolute Gasteiger partial charge is 0.455 e. The number of hydrogen-bond acceptors (Lipinski definition) is 8. The number of allylic oxidation sites excluding steroid dienone is 1. The molecule has 3 heterocycles. The first-order valence-electron chi connectivity index (χ1n) is 18.4. The van der Waals surface area contributed by atoms with Crippen molar-refractivity contribution >= 4 is 23.7 Å². The third-order valence-corrected chi connectivity index (χ3v) is 10.6. The van der Waals surface area contributed by atoms with E-state index in [1.54, 1.807) is 17.1 Å². The van der Waals surface area contributed by atoms with Crippen LogP contribution in [0.2, 0.25) is 0 Å². The molecule has 1 spiro atoms. The van der Waals surface area contributed by atoms with Crippen LogP contribution in [0.1, 0.15) is 62.7 Å². The van der Waals surface area contributed by atoms with Gasteiger partial charge in [0.05, 0.1) is 43.2 Å². The molecule has 280 valence electrons. The maximum absolute atomic E-state index is 14.9. The molecule has 3 saturated heterocycles. The Hall–Kier alpha value is -4.32. The Labute approximate surface area is 307 Å². The van der Waals surface area contributed by atoms with Gasteiger partial charge in [0.2, 0.25) is 17.7 Å². The van der Waals surface area contributed by atoms with Crippen molar-refractivity contribution in [2.75, 3.05) is 33.4 Å². The normalized spacial score (nSPS) is 24.8. The van der Waals surface area contributed by atoms with Crippen molar-refractivity contribution in [3.63, 3.8) is 0 Å². The van der Waals surface area contributed by atoms with Crippen molar-refractivity contribution in [1.29, 1.82) is 0 Å². The molecule has 3 aliphatic heterocycles. The molecule has 3 fully saturated rings. The number of fused-ring (bicyclic) bond motifs is 1. The van der Waals surface area contributed by atoms with Gasteiger partial charge in [-0.1, -0.05) is 86.2 Å². The Morgan fingerprint density at radius 2 is 1.83 bits per heavy atom. The van der Waals surface area contributed by atoms with E-state index in [2.05, 4.69) is 18.5 Å². The van der Waals surface area contributed by atoms with Crippen LogP contribution in [0.3, 0.4) is 0 Å². The molecule has 2 aromatic carbocycles. The summed E-state index contributed by atoms with van der Waals surface area (Å²) in [5, 5.41) is 13.8. The number of carbonyl (C=O) groups excluding carboxylic acids is 4. The van der Waals surface area contributed by atoms with Gasteiger partial charge in [-0.3, -0.25) is 19.2 Å². The predicted molar refractivity (Wildman–Crippen MR) is 196 cm³/mol. The number of hydrogen-bond donors (Lipinski definition) is 2. The first-order valence-corrected chi connectivity index (χ1v) is 18.4. The van der Waals surface area contributed by atoms with E-state index in [0.717, 1.165) is 18.4 Å². The van der Waals surface area contributed by atoms with Gasteiger partial charge in [0.1, 0.15) is 17.7 Å². The van der Waals surface area contributed by atoms with Gasteiger partial charge in [-0.25, -0.2) is 0 Å². The van der Waals surface area contributed by atoms with Gasteiger partial charge in [-0.15, -0.1) is 13.2 Å². The molecular weight excluding hydrogens is 662 g/mol. The third kappa shape index (κ3) is 8.01. The molecule has 0 saturated carbocycles. The minimum absolute atomic E-state index is 0.0580. The van der Waals surface area contributed by atoms with Crippen LogP contribution in [-0.2, 0) is 39.8 Å². The van der Waals surface area contributed by atoms with E-state index in [4.69, 9.17) is 14.2 Å². The molecule has 52 heavy (non-hydrogen) atoms. The van der Waals surface area contributed by atoms with Crippen molar-refractivity contribution in [3.05, 3.63) is 97.1 Å². The smallest absolute Gasteiger partial charge is 0.313 e. The van der Waals surface area contributed by atoms with Crippen LogP contribution in [0, 0.1) is 11.8 Å². The SMILES string of the molecule is C=CCCC(=O)N[C@H](COC)[C@H](OC(=O)[C@@H]1[C@@H]2CC[C@]3(O2)[C@H](C(=O)N(CC=C)CCCC)N([C@@H](CO)Cc2ccccc2)C(=O)[C@@H]13)c1ccccc1. The van der Waals surface area contributed by atoms with E-state index in [9.17, 15) is 24.3 Å². The highest BCUT2D eigenvalue weighted by atomic mass is 16.6. The Morgan fingerprint density at radius 1 is 1.12 bits per heavy atom. The van der Waals surface area contributed by atoms with Crippen molar-refractivity contribution in [3.8, 4) is 0 Å². The summed E-state index contributed by atoms with van der Waals surface area (Å²) in [6.45, 7) is 10.0. The summed E-state index contributed by atoms with van der Waals surface area (Å²) in [5.41, 5.74) is 0.258. The number of unbranched alkanes of at least 4 members (excludes halogenated alkanes) is 1. The van der Waals surface area contributed by atoms with Crippen LogP contribution in [0.25, 0.3) is 0 Å². The zero-order valence-corrected chi connectivity index (χ0v) is 30.4. The number of rotatable bonds is 20. The van der Waals surface area contributed by atoms with Gasteiger partial charge >= 0.3 is 5.97 Å². The predicted octanol–water partition coefficient (Wildman–Crippen LogP) is 4.16. The maximum atomic E-state index is 14.9. The summed E-state index contributed by atoms with van der Waals surface area (Å²) >= 11 is 0. The quantitative estimate of drug-likeness (QED) is 0.154. The van der Waals surface area contributed by atoms with E-state index >= 15 is 0 Å². The Balaban J connectivity index is 1.52. The van der Waals surface area contributed by atoms with Crippen LogP contribution in [0.5, 0.6) is 0 Å². The fourth-order valence-corrected chi connectivity index (χ4v) is 8.26. The minimum atomic E-state index is -1.29. The average molecular weight is 716 g/mol. The number of esters is 1. The highest BCUT2D eigenvalue weighted by molar-refractivity contribution is 5.98. The van der Waals surface area contributed by atoms with Crippen molar-refractivity contribution in [2.24, 2.45) is 11.8 Å². The molecule has 2 aromatic rings. The summed E-state index contributed by atoms with van der Waals surface area (Å²) < 4.78 is 18.5. The number of carbonyl (C=O) groups is 4. The van der Waals surface area contributed by atoms with Crippen molar-refractivity contribution in [1.82, 2.24) is 15.1 Å². The fraction of sp³-hybridized carbons (Fsp3) is 0.512. The van der Waals surface area contributed by atoms with E-state index in [0.29, 0.717) is 37.8 Å².